The summed E-state index contributed by atoms with van der Waals surface area (Å²) in [5.41, 5.74) is 0.243. The first-order valence-electron chi connectivity index (χ1n) is 8.53. The molecule has 3 rings (SSSR count). The molecule has 0 atom stereocenters. The smallest absolute Gasteiger partial charge is 0.338 e. The molecule has 1 aromatic carbocycles. The number of esters is 1. The van der Waals surface area contributed by atoms with E-state index < -0.39 is 16.0 Å². The number of benzene rings is 1. The molecule has 1 aliphatic heterocycles. The third-order valence-corrected chi connectivity index (χ3v) is 5.60. The Morgan fingerprint density at radius 1 is 1.22 bits per heavy atom. The highest BCUT2D eigenvalue weighted by Gasteiger charge is 2.20. The maximum atomic E-state index is 12.3. The fourth-order valence-corrected chi connectivity index (χ4v) is 3.70. The van der Waals surface area contributed by atoms with Gasteiger partial charge in [0.05, 0.1) is 29.8 Å². The molecule has 0 bridgehead atoms. The Hall–Kier alpha value is -2.65. The molecule has 1 amide bonds. The number of carbonyl (C=O) groups is 2. The Kier molecular flexibility index (Phi) is 5.92. The molecule has 8 nitrogen and oxygen atoms in total. The quantitative estimate of drug-likeness (QED) is 0.683. The van der Waals surface area contributed by atoms with Gasteiger partial charge in [0.2, 0.25) is 15.9 Å². The third kappa shape index (κ3) is 4.95. The van der Waals surface area contributed by atoms with Crippen LogP contribution in [0, 0.1) is 0 Å². The molecular formula is C18H20N2O6S. The van der Waals surface area contributed by atoms with E-state index in [9.17, 15) is 18.0 Å². The number of nitrogens with zero attached hydrogens (tertiary/aromatic N) is 1. The van der Waals surface area contributed by atoms with Crippen LogP contribution in [0.3, 0.4) is 0 Å². The van der Waals surface area contributed by atoms with E-state index in [2.05, 4.69) is 4.72 Å². The van der Waals surface area contributed by atoms with E-state index in [0.29, 0.717) is 25.3 Å². The minimum Gasteiger partial charge on any atom is -0.468 e. The van der Waals surface area contributed by atoms with Crippen LogP contribution < -0.4 is 4.72 Å². The van der Waals surface area contributed by atoms with E-state index >= 15 is 0 Å². The molecule has 0 radical (unpaired) electrons. The van der Waals surface area contributed by atoms with Crippen molar-refractivity contribution in [3.8, 4) is 0 Å². The number of hydrogen-bond donors (Lipinski definition) is 1. The van der Waals surface area contributed by atoms with Gasteiger partial charge in [-0.05, 0) is 42.8 Å². The first-order chi connectivity index (χ1) is 13.0. The molecule has 1 aromatic heterocycles. The monoisotopic (exact) mass is 392 g/mol. The Morgan fingerprint density at radius 3 is 2.63 bits per heavy atom. The SMILES string of the molecule is O=C(OCCN1CCCC1=O)c1ccc(S(=O)(=O)NCc2ccco2)cc1. The van der Waals surface area contributed by atoms with E-state index in [0.717, 1.165) is 6.42 Å². The van der Waals surface area contributed by atoms with Crippen molar-refractivity contribution in [3.05, 3.63) is 54.0 Å². The standard InChI is InChI=1S/C18H20N2O6S/c21-17-4-1-9-20(17)10-12-26-18(22)14-5-7-16(8-6-14)27(23,24)19-13-15-3-2-11-25-15/h2-3,5-8,11,19H,1,4,9-10,12-13H2. The number of rotatable bonds is 8. The third-order valence-electron chi connectivity index (χ3n) is 4.18. The molecular weight excluding hydrogens is 372 g/mol. The van der Waals surface area contributed by atoms with Crippen LogP contribution in [0.4, 0.5) is 0 Å². The van der Waals surface area contributed by atoms with Crippen LogP contribution >= 0.6 is 0 Å². The second-order valence-electron chi connectivity index (χ2n) is 6.05. The molecule has 27 heavy (non-hydrogen) atoms. The van der Waals surface area contributed by atoms with Gasteiger partial charge in [0, 0.05) is 13.0 Å². The second-order valence-corrected chi connectivity index (χ2v) is 7.82. The normalized spacial score (nSPS) is 14.5. The van der Waals surface area contributed by atoms with Crippen LogP contribution in [-0.2, 0) is 26.1 Å². The number of likely N-dealkylation sites (tertiary alicyclic amines) is 1. The van der Waals surface area contributed by atoms with Crippen LogP contribution in [0.25, 0.3) is 0 Å². The lowest BCUT2D eigenvalue weighted by Gasteiger charge is -2.15. The van der Waals surface area contributed by atoms with Gasteiger partial charge in [-0.25, -0.2) is 17.9 Å². The number of hydrogen-bond acceptors (Lipinski definition) is 6. The fourth-order valence-electron chi connectivity index (χ4n) is 2.71. The fraction of sp³-hybridized carbons (Fsp3) is 0.333. The van der Waals surface area contributed by atoms with Crippen molar-refractivity contribution in [2.45, 2.75) is 24.3 Å². The molecule has 1 saturated heterocycles. The van der Waals surface area contributed by atoms with Crippen molar-refractivity contribution in [2.24, 2.45) is 0 Å². The van der Waals surface area contributed by atoms with Crippen molar-refractivity contribution in [2.75, 3.05) is 19.7 Å². The van der Waals surface area contributed by atoms with Crippen molar-refractivity contribution in [1.29, 1.82) is 0 Å². The lowest BCUT2D eigenvalue weighted by molar-refractivity contribution is -0.128. The Bertz CT molecular complexity index is 890. The van der Waals surface area contributed by atoms with Crippen LogP contribution in [-0.4, -0.2) is 44.9 Å². The Balaban J connectivity index is 1.52. The molecule has 144 valence electrons. The average molecular weight is 392 g/mol. The number of ether oxygens (including phenoxy) is 1. The highest BCUT2D eigenvalue weighted by atomic mass is 32.2. The molecule has 0 unspecified atom stereocenters. The maximum absolute atomic E-state index is 12.3. The van der Waals surface area contributed by atoms with Gasteiger partial charge in [0.25, 0.3) is 0 Å². The second kappa shape index (κ2) is 8.36. The molecule has 2 aromatic rings. The van der Waals surface area contributed by atoms with Crippen LogP contribution in [0.15, 0.2) is 52.0 Å². The summed E-state index contributed by atoms with van der Waals surface area (Å²) >= 11 is 0. The summed E-state index contributed by atoms with van der Waals surface area (Å²) in [5, 5.41) is 0. The predicted octanol–water partition coefficient (Wildman–Crippen LogP) is 1.54. The Morgan fingerprint density at radius 2 is 2.00 bits per heavy atom. The molecule has 1 fully saturated rings. The number of furan rings is 1. The summed E-state index contributed by atoms with van der Waals surface area (Å²) in [5.74, 6) is 0.00653. The Labute approximate surface area is 157 Å². The molecule has 0 spiro atoms. The summed E-state index contributed by atoms with van der Waals surface area (Å²) in [6, 6.07) is 8.80. The van der Waals surface area contributed by atoms with E-state index in [1.807, 2.05) is 0 Å². The van der Waals surface area contributed by atoms with Gasteiger partial charge in [-0.15, -0.1) is 0 Å². The zero-order valence-electron chi connectivity index (χ0n) is 14.6. The minimum absolute atomic E-state index is 0.0354. The highest BCUT2D eigenvalue weighted by Crippen LogP contribution is 2.13. The predicted molar refractivity (Wildman–Crippen MR) is 95.3 cm³/mol. The molecule has 0 saturated carbocycles. The number of nitrogens with one attached hydrogen (secondary N) is 1. The van der Waals surface area contributed by atoms with E-state index in [4.69, 9.17) is 9.15 Å². The highest BCUT2D eigenvalue weighted by molar-refractivity contribution is 7.89. The number of sulfonamides is 1. The number of carbonyl (C=O) groups excluding carboxylic acids is 2. The summed E-state index contributed by atoms with van der Waals surface area (Å²) in [7, 11) is -3.72. The lowest BCUT2D eigenvalue weighted by atomic mass is 10.2. The average Bonchev–Trinajstić information content (AvgIpc) is 3.32. The molecule has 2 heterocycles. The summed E-state index contributed by atoms with van der Waals surface area (Å²) in [6.07, 6.45) is 2.83. The van der Waals surface area contributed by atoms with Gasteiger partial charge in [-0.2, -0.15) is 0 Å². The van der Waals surface area contributed by atoms with Gasteiger partial charge in [-0.1, -0.05) is 0 Å². The minimum atomic E-state index is -3.72. The van der Waals surface area contributed by atoms with Crippen molar-refractivity contribution in [1.82, 2.24) is 9.62 Å². The number of amides is 1. The summed E-state index contributed by atoms with van der Waals surface area (Å²) in [4.78, 5) is 25.2. The van der Waals surface area contributed by atoms with Gasteiger partial charge in [0.15, 0.2) is 0 Å². The summed E-state index contributed by atoms with van der Waals surface area (Å²) in [6.45, 7) is 1.20. The van der Waals surface area contributed by atoms with E-state index in [-0.39, 0.29) is 29.5 Å². The van der Waals surface area contributed by atoms with E-state index in [1.165, 1.54) is 30.5 Å². The zero-order chi connectivity index (χ0) is 19.3. The molecule has 0 aliphatic carbocycles. The topological polar surface area (TPSA) is 106 Å². The maximum Gasteiger partial charge on any atom is 0.338 e. The van der Waals surface area contributed by atoms with Crippen molar-refractivity contribution < 1.29 is 27.2 Å². The van der Waals surface area contributed by atoms with Crippen LogP contribution in [0.2, 0.25) is 0 Å². The van der Waals surface area contributed by atoms with Crippen LogP contribution in [0.1, 0.15) is 29.0 Å². The van der Waals surface area contributed by atoms with Gasteiger partial charge >= 0.3 is 5.97 Å². The van der Waals surface area contributed by atoms with Crippen LogP contribution in [0.5, 0.6) is 0 Å². The van der Waals surface area contributed by atoms with Gasteiger partial charge in [-0.3, -0.25) is 4.79 Å². The van der Waals surface area contributed by atoms with E-state index in [1.54, 1.807) is 17.0 Å². The van der Waals surface area contributed by atoms with Gasteiger partial charge < -0.3 is 14.1 Å². The van der Waals surface area contributed by atoms with Crippen molar-refractivity contribution >= 4 is 21.9 Å². The zero-order valence-corrected chi connectivity index (χ0v) is 15.4. The molecule has 1 aliphatic rings. The largest absolute Gasteiger partial charge is 0.468 e. The van der Waals surface area contributed by atoms with Crippen molar-refractivity contribution in [3.63, 3.8) is 0 Å². The lowest BCUT2D eigenvalue weighted by Crippen LogP contribution is -2.29. The van der Waals surface area contributed by atoms with Gasteiger partial charge in [0.1, 0.15) is 12.4 Å². The molecule has 9 heteroatoms. The molecule has 1 N–H and O–H groups in total. The first-order valence-corrected chi connectivity index (χ1v) is 10.0. The summed E-state index contributed by atoms with van der Waals surface area (Å²) < 4.78 is 37.2. The first kappa shape index (κ1) is 19.1.